The van der Waals surface area contributed by atoms with Crippen LogP contribution in [0.3, 0.4) is 0 Å². The van der Waals surface area contributed by atoms with E-state index in [2.05, 4.69) is 10.3 Å². The van der Waals surface area contributed by atoms with Gasteiger partial charge in [-0.3, -0.25) is 4.79 Å². The lowest BCUT2D eigenvalue weighted by atomic mass is 10.2. The summed E-state index contributed by atoms with van der Waals surface area (Å²) in [7, 11) is 0. The molecule has 0 fully saturated rings. The minimum absolute atomic E-state index is 0.104. The van der Waals surface area contributed by atoms with Crippen LogP contribution >= 0.6 is 23.1 Å². The summed E-state index contributed by atoms with van der Waals surface area (Å²) in [5.41, 5.74) is 1.66. The fourth-order valence-corrected chi connectivity index (χ4v) is 3.96. The summed E-state index contributed by atoms with van der Waals surface area (Å²) in [5.74, 6) is -0.421. The lowest BCUT2D eigenvalue weighted by Gasteiger charge is -2.03. The van der Waals surface area contributed by atoms with E-state index in [9.17, 15) is 13.6 Å². The number of thioether (sulfide) groups is 1. The molecule has 1 aromatic heterocycles. The second kappa shape index (κ2) is 8.22. The van der Waals surface area contributed by atoms with E-state index in [1.54, 1.807) is 29.6 Å². The maximum absolute atomic E-state index is 13.6. The Morgan fingerprint density at radius 1 is 1.16 bits per heavy atom. The Labute approximate surface area is 152 Å². The van der Waals surface area contributed by atoms with E-state index in [-0.39, 0.29) is 18.1 Å². The standard InChI is InChI=1S/C18H14F2N2OS2/c19-13-5-3-6-14(8-13)21-17(23)9-15-11-25-18(22-15)24-10-12-4-1-2-7-16(12)20/h1-8,11H,9-10H2,(H,21,23). The van der Waals surface area contributed by atoms with Crippen LogP contribution in [-0.2, 0) is 17.0 Å². The molecular formula is C18H14F2N2OS2. The van der Waals surface area contributed by atoms with Crippen LogP contribution in [0, 0.1) is 11.6 Å². The molecule has 1 heterocycles. The van der Waals surface area contributed by atoms with Crippen LogP contribution in [0.5, 0.6) is 0 Å². The molecule has 0 saturated carbocycles. The molecule has 0 radical (unpaired) electrons. The van der Waals surface area contributed by atoms with E-state index in [4.69, 9.17) is 0 Å². The molecule has 2 aromatic carbocycles. The van der Waals surface area contributed by atoms with E-state index in [0.29, 0.717) is 22.7 Å². The fourth-order valence-electron chi connectivity index (χ4n) is 2.13. The highest BCUT2D eigenvalue weighted by Gasteiger charge is 2.10. The highest BCUT2D eigenvalue weighted by Crippen LogP contribution is 2.27. The first-order valence-electron chi connectivity index (χ1n) is 7.46. The van der Waals surface area contributed by atoms with E-state index in [0.717, 1.165) is 4.34 Å². The molecular weight excluding hydrogens is 362 g/mol. The number of rotatable bonds is 6. The van der Waals surface area contributed by atoms with Gasteiger partial charge < -0.3 is 5.32 Å². The summed E-state index contributed by atoms with van der Waals surface area (Å²) >= 11 is 2.84. The number of thiazole rings is 1. The third-order valence-corrected chi connectivity index (χ3v) is 5.41. The van der Waals surface area contributed by atoms with Crippen molar-refractivity contribution in [3.8, 4) is 0 Å². The number of aromatic nitrogens is 1. The lowest BCUT2D eigenvalue weighted by Crippen LogP contribution is -2.14. The van der Waals surface area contributed by atoms with Gasteiger partial charge in [0.2, 0.25) is 5.91 Å². The van der Waals surface area contributed by atoms with Gasteiger partial charge in [0.15, 0.2) is 0 Å². The van der Waals surface area contributed by atoms with Gasteiger partial charge in [0.1, 0.15) is 16.0 Å². The summed E-state index contributed by atoms with van der Waals surface area (Å²) in [6, 6.07) is 12.3. The number of carbonyl (C=O) groups excluding carboxylic acids is 1. The molecule has 3 rings (SSSR count). The van der Waals surface area contributed by atoms with Crippen molar-refractivity contribution in [1.82, 2.24) is 4.98 Å². The van der Waals surface area contributed by atoms with Crippen LogP contribution in [0.25, 0.3) is 0 Å². The monoisotopic (exact) mass is 376 g/mol. The number of halogens is 2. The van der Waals surface area contributed by atoms with Gasteiger partial charge in [0, 0.05) is 16.8 Å². The molecule has 1 N–H and O–H groups in total. The number of carbonyl (C=O) groups is 1. The maximum Gasteiger partial charge on any atom is 0.230 e. The van der Waals surface area contributed by atoms with Crippen molar-refractivity contribution in [3.63, 3.8) is 0 Å². The van der Waals surface area contributed by atoms with Crippen molar-refractivity contribution in [3.05, 3.63) is 76.8 Å². The third-order valence-electron chi connectivity index (χ3n) is 3.29. The molecule has 0 aliphatic rings. The van der Waals surface area contributed by atoms with Crippen LogP contribution in [0.4, 0.5) is 14.5 Å². The van der Waals surface area contributed by atoms with Gasteiger partial charge in [0.25, 0.3) is 0 Å². The molecule has 128 valence electrons. The average molecular weight is 376 g/mol. The molecule has 25 heavy (non-hydrogen) atoms. The molecule has 0 aliphatic carbocycles. The van der Waals surface area contributed by atoms with E-state index < -0.39 is 5.82 Å². The first kappa shape index (κ1) is 17.6. The number of nitrogens with zero attached hydrogens (tertiary/aromatic N) is 1. The number of amides is 1. The molecule has 0 unspecified atom stereocenters. The summed E-state index contributed by atoms with van der Waals surface area (Å²) in [6.07, 6.45) is 0.104. The largest absolute Gasteiger partial charge is 0.326 e. The smallest absolute Gasteiger partial charge is 0.230 e. The van der Waals surface area contributed by atoms with E-state index in [1.807, 2.05) is 0 Å². The Kier molecular flexibility index (Phi) is 5.78. The summed E-state index contributed by atoms with van der Waals surface area (Å²) < 4.78 is 27.5. The van der Waals surface area contributed by atoms with Gasteiger partial charge in [0.05, 0.1) is 12.1 Å². The maximum atomic E-state index is 13.6. The van der Waals surface area contributed by atoms with E-state index >= 15 is 0 Å². The van der Waals surface area contributed by atoms with Gasteiger partial charge >= 0.3 is 0 Å². The SMILES string of the molecule is O=C(Cc1csc(SCc2ccccc2F)n1)Nc1cccc(F)c1. The van der Waals surface area contributed by atoms with Crippen LogP contribution in [0.2, 0.25) is 0 Å². The van der Waals surface area contributed by atoms with Crippen molar-refractivity contribution >= 4 is 34.7 Å². The average Bonchev–Trinajstić information content (AvgIpc) is 3.01. The van der Waals surface area contributed by atoms with Crippen molar-refractivity contribution < 1.29 is 13.6 Å². The number of hydrogen-bond acceptors (Lipinski definition) is 4. The first-order valence-corrected chi connectivity index (χ1v) is 9.33. The van der Waals surface area contributed by atoms with Crippen molar-refractivity contribution in [1.29, 1.82) is 0 Å². The molecule has 0 bridgehead atoms. The Bertz CT molecular complexity index is 883. The van der Waals surface area contributed by atoms with E-state index in [1.165, 1.54) is 47.4 Å². The van der Waals surface area contributed by atoms with Gasteiger partial charge in [-0.1, -0.05) is 36.0 Å². The fraction of sp³-hybridized carbons (Fsp3) is 0.111. The Balaban J connectivity index is 1.54. The highest BCUT2D eigenvalue weighted by molar-refractivity contribution is 8.00. The number of anilines is 1. The minimum atomic E-state index is -0.404. The van der Waals surface area contributed by atoms with Crippen LogP contribution in [0.15, 0.2) is 58.3 Å². The molecule has 3 nitrogen and oxygen atoms in total. The molecule has 7 heteroatoms. The van der Waals surface area contributed by atoms with Gasteiger partial charge in [-0.05, 0) is 29.8 Å². The zero-order valence-electron chi connectivity index (χ0n) is 13.0. The third kappa shape index (κ3) is 5.11. The Morgan fingerprint density at radius 3 is 2.80 bits per heavy atom. The molecule has 0 spiro atoms. The molecule has 0 atom stereocenters. The molecule has 0 saturated heterocycles. The predicted molar refractivity (Wildman–Crippen MR) is 96.8 cm³/mol. The number of nitrogens with one attached hydrogen (secondary N) is 1. The number of benzene rings is 2. The Morgan fingerprint density at radius 2 is 2.00 bits per heavy atom. The van der Waals surface area contributed by atoms with Gasteiger partial charge in [-0.2, -0.15) is 0 Å². The highest BCUT2D eigenvalue weighted by atomic mass is 32.2. The summed E-state index contributed by atoms with van der Waals surface area (Å²) in [5, 5.41) is 4.44. The van der Waals surface area contributed by atoms with Gasteiger partial charge in [-0.25, -0.2) is 13.8 Å². The molecule has 3 aromatic rings. The summed E-state index contributed by atoms with van der Waals surface area (Å²) in [6.45, 7) is 0. The first-order chi connectivity index (χ1) is 12.1. The van der Waals surface area contributed by atoms with Crippen LogP contribution < -0.4 is 5.32 Å². The van der Waals surface area contributed by atoms with Crippen molar-refractivity contribution in [2.75, 3.05) is 5.32 Å². The van der Waals surface area contributed by atoms with Crippen molar-refractivity contribution in [2.24, 2.45) is 0 Å². The van der Waals surface area contributed by atoms with Crippen LogP contribution in [0.1, 0.15) is 11.3 Å². The van der Waals surface area contributed by atoms with Crippen molar-refractivity contribution in [2.45, 2.75) is 16.5 Å². The van der Waals surface area contributed by atoms with Crippen LogP contribution in [-0.4, -0.2) is 10.9 Å². The molecule has 1 amide bonds. The second-order valence-corrected chi connectivity index (χ2v) is 7.30. The number of hydrogen-bond donors (Lipinski definition) is 1. The quantitative estimate of drug-likeness (QED) is 0.623. The Hall–Kier alpha value is -2.25. The molecule has 0 aliphatic heterocycles. The second-order valence-electron chi connectivity index (χ2n) is 5.22. The summed E-state index contributed by atoms with van der Waals surface area (Å²) in [4.78, 5) is 16.4. The predicted octanol–water partition coefficient (Wildman–Crippen LogP) is 4.89. The van der Waals surface area contributed by atoms with Gasteiger partial charge in [-0.15, -0.1) is 11.3 Å². The normalized spacial score (nSPS) is 10.6. The topological polar surface area (TPSA) is 42.0 Å². The minimum Gasteiger partial charge on any atom is -0.326 e. The zero-order valence-corrected chi connectivity index (χ0v) is 14.7. The zero-order chi connectivity index (χ0) is 17.6. The lowest BCUT2D eigenvalue weighted by molar-refractivity contribution is -0.115.